The Hall–Kier alpha value is -2.27. The third-order valence-corrected chi connectivity index (χ3v) is 4.35. The fourth-order valence-corrected chi connectivity index (χ4v) is 3.03. The average molecular weight is 328 g/mol. The van der Waals surface area contributed by atoms with Crippen LogP contribution in [0.1, 0.15) is 27.4 Å². The first-order valence-corrected chi connectivity index (χ1v) is 8.29. The molecule has 0 saturated carbocycles. The van der Waals surface area contributed by atoms with Crippen LogP contribution in [0.5, 0.6) is 0 Å². The fraction of sp³-hybridized carbons (Fsp3) is 0.421. The molecule has 128 valence electrons. The molecule has 1 aromatic carbocycles. The Balaban J connectivity index is 1.64. The molecule has 2 heterocycles. The van der Waals surface area contributed by atoms with Gasteiger partial charge in [-0.25, -0.2) is 0 Å². The summed E-state index contributed by atoms with van der Waals surface area (Å²) in [4.78, 5) is 16.6. The number of morpholine rings is 1. The molecule has 5 nitrogen and oxygen atoms in total. The standard InChI is InChI=1S/C19H24N2O3/c1-14-12-18(15(2)24-14)19(22)20(3)13-16-4-6-17(7-5-16)21-8-10-23-11-9-21/h4-7,12H,8-11,13H2,1-3H3. The maximum Gasteiger partial charge on any atom is 0.257 e. The monoisotopic (exact) mass is 328 g/mol. The van der Waals surface area contributed by atoms with Crippen molar-refractivity contribution in [3.63, 3.8) is 0 Å². The van der Waals surface area contributed by atoms with Crippen LogP contribution < -0.4 is 4.90 Å². The summed E-state index contributed by atoms with van der Waals surface area (Å²) in [6, 6.07) is 10.2. The van der Waals surface area contributed by atoms with Crippen molar-refractivity contribution in [2.45, 2.75) is 20.4 Å². The first-order chi connectivity index (χ1) is 11.5. The van der Waals surface area contributed by atoms with Gasteiger partial charge in [0.05, 0.1) is 18.8 Å². The Bertz CT molecular complexity index is 700. The van der Waals surface area contributed by atoms with Crippen LogP contribution >= 0.6 is 0 Å². The Morgan fingerprint density at radius 1 is 1.17 bits per heavy atom. The Kier molecular flexibility index (Phi) is 4.90. The largest absolute Gasteiger partial charge is 0.466 e. The Morgan fingerprint density at radius 2 is 1.83 bits per heavy atom. The lowest BCUT2D eigenvalue weighted by Gasteiger charge is -2.29. The van der Waals surface area contributed by atoms with Gasteiger partial charge in [0.15, 0.2) is 0 Å². The van der Waals surface area contributed by atoms with Gasteiger partial charge < -0.3 is 19.0 Å². The van der Waals surface area contributed by atoms with Crippen molar-refractivity contribution in [1.29, 1.82) is 0 Å². The maximum atomic E-state index is 12.5. The SMILES string of the molecule is Cc1cc(C(=O)N(C)Cc2ccc(N3CCOCC3)cc2)c(C)o1. The summed E-state index contributed by atoms with van der Waals surface area (Å²) in [5.41, 5.74) is 2.96. The van der Waals surface area contributed by atoms with E-state index in [2.05, 4.69) is 29.2 Å². The highest BCUT2D eigenvalue weighted by atomic mass is 16.5. The van der Waals surface area contributed by atoms with Crippen LogP contribution in [0, 0.1) is 13.8 Å². The fourth-order valence-electron chi connectivity index (χ4n) is 3.03. The van der Waals surface area contributed by atoms with Crippen molar-refractivity contribution in [2.75, 3.05) is 38.3 Å². The molecule has 0 atom stereocenters. The molecule has 0 N–H and O–H groups in total. The second-order valence-electron chi connectivity index (χ2n) is 6.25. The van der Waals surface area contributed by atoms with Crippen molar-refractivity contribution in [1.82, 2.24) is 4.90 Å². The van der Waals surface area contributed by atoms with E-state index in [9.17, 15) is 4.79 Å². The van der Waals surface area contributed by atoms with Crippen molar-refractivity contribution in [3.8, 4) is 0 Å². The van der Waals surface area contributed by atoms with Gasteiger partial charge in [-0.2, -0.15) is 0 Å². The molecule has 0 bridgehead atoms. The Labute approximate surface area is 142 Å². The lowest BCUT2D eigenvalue weighted by Crippen LogP contribution is -2.36. The van der Waals surface area contributed by atoms with E-state index in [4.69, 9.17) is 9.15 Å². The Morgan fingerprint density at radius 3 is 2.42 bits per heavy atom. The minimum Gasteiger partial charge on any atom is -0.466 e. The van der Waals surface area contributed by atoms with Crippen molar-refractivity contribution < 1.29 is 13.9 Å². The highest BCUT2D eigenvalue weighted by Crippen LogP contribution is 2.19. The predicted molar refractivity (Wildman–Crippen MR) is 93.5 cm³/mol. The van der Waals surface area contributed by atoms with Gasteiger partial charge in [-0.15, -0.1) is 0 Å². The summed E-state index contributed by atoms with van der Waals surface area (Å²) in [7, 11) is 1.82. The summed E-state index contributed by atoms with van der Waals surface area (Å²) < 4.78 is 10.8. The van der Waals surface area contributed by atoms with Gasteiger partial charge in [0.1, 0.15) is 11.5 Å². The lowest BCUT2D eigenvalue weighted by atomic mass is 10.1. The molecule has 1 saturated heterocycles. The minimum absolute atomic E-state index is 0.0124. The number of carbonyl (C=O) groups excluding carboxylic acids is 1. The summed E-state index contributed by atoms with van der Waals surface area (Å²) >= 11 is 0. The van der Waals surface area contributed by atoms with Gasteiger partial charge >= 0.3 is 0 Å². The number of hydrogen-bond donors (Lipinski definition) is 0. The first kappa shape index (κ1) is 16.6. The molecule has 0 unspecified atom stereocenters. The lowest BCUT2D eigenvalue weighted by molar-refractivity contribution is 0.0783. The predicted octanol–water partition coefficient (Wildman–Crippen LogP) is 3.01. The first-order valence-electron chi connectivity index (χ1n) is 8.29. The van der Waals surface area contributed by atoms with Gasteiger partial charge in [-0.05, 0) is 37.6 Å². The second kappa shape index (κ2) is 7.09. The van der Waals surface area contributed by atoms with Crippen LogP contribution in [-0.4, -0.2) is 44.2 Å². The van der Waals surface area contributed by atoms with Gasteiger partial charge in [-0.3, -0.25) is 4.79 Å². The minimum atomic E-state index is -0.0124. The van der Waals surface area contributed by atoms with E-state index >= 15 is 0 Å². The molecule has 3 rings (SSSR count). The zero-order valence-corrected chi connectivity index (χ0v) is 14.5. The highest BCUT2D eigenvalue weighted by Gasteiger charge is 2.18. The van der Waals surface area contributed by atoms with E-state index in [0.29, 0.717) is 17.9 Å². The van der Waals surface area contributed by atoms with E-state index < -0.39 is 0 Å². The number of ether oxygens (including phenoxy) is 1. The van der Waals surface area contributed by atoms with Gasteiger partial charge in [-0.1, -0.05) is 12.1 Å². The van der Waals surface area contributed by atoms with E-state index in [-0.39, 0.29) is 5.91 Å². The maximum absolute atomic E-state index is 12.5. The third-order valence-electron chi connectivity index (χ3n) is 4.35. The molecular formula is C19H24N2O3. The van der Waals surface area contributed by atoms with E-state index in [1.165, 1.54) is 5.69 Å². The average Bonchev–Trinajstić information content (AvgIpc) is 2.94. The quantitative estimate of drug-likeness (QED) is 0.865. The number of anilines is 1. The molecule has 1 aliphatic rings. The molecule has 1 aliphatic heterocycles. The van der Waals surface area contributed by atoms with Gasteiger partial charge in [0.2, 0.25) is 0 Å². The summed E-state index contributed by atoms with van der Waals surface area (Å²) in [5, 5.41) is 0. The van der Waals surface area contributed by atoms with Crippen LogP contribution in [-0.2, 0) is 11.3 Å². The smallest absolute Gasteiger partial charge is 0.257 e. The van der Waals surface area contributed by atoms with Crippen LogP contribution in [0.2, 0.25) is 0 Å². The molecule has 0 radical (unpaired) electrons. The highest BCUT2D eigenvalue weighted by molar-refractivity contribution is 5.95. The molecule has 1 aromatic heterocycles. The number of furan rings is 1. The van der Waals surface area contributed by atoms with Crippen molar-refractivity contribution in [2.24, 2.45) is 0 Å². The number of rotatable bonds is 4. The van der Waals surface area contributed by atoms with Gasteiger partial charge in [0, 0.05) is 32.4 Å². The summed E-state index contributed by atoms with van der Waals surface area (Å²) in [6.07, 6.45) is 0. The summed E-state index contributed by atoms with van der Waals surface area (Å²) in [5.74, 6) is 1.42. The normalized spacial score (nSPS) is 14.7. The zero-order valence-electron chi connectivity index (χ0n) is 14.5. The number of carbonyl (C=O) groups is 1. The van der Waals surface area contributed by atoms with E-state index in [0.717, 1.165) is 37.6 Å². The number of hydrogen-bond acceptors (Lipinski definition) is 4. The summed E-state index contributed by atoms with van der Waals surface area (Å²) in [6.45, 7) is 7.67. The zero-order chi connectivity index (χ0) is 17.1. The van der Waals surface area contributed by atoms with E-state index in [1.807, 2.05) is 20.9 Å². The topological polar surface area (TPSA) is 45.9 Å². The molecule has 24 heavy (non-hydrogen) atoms. The molecule has 0 spiro atoms. The number of amides is 1. The van der Waals surface area contributed by atoms with Crippen molar-refractivity contribution in [3.05, 3.63) is 53.0 Å². The van der Waals surface area contributed by atoms with Crippen LogP contribution in [0.4, 0.5) is 5.69 Å². The van der Waals surface area contributed by atoms with E-state index in [1.54, 1.807) is 11.0 Å². The number of nitrogens with zero attached hydrogens (tertiary/aromatic N) is 2. The van der Waals surface area contributed by atoms with Crippen molar-refractivity contribution >= 4 is 11.6 Å². The van der Waals surface area contributed by atoms with Gasteiger partial charge in [0.25, 0.3) is 5.91 Å². The number of benzene rings is 1. The molecule has 2 aromatic rings. The molecule has 0 aliphatic carbocycles. The van der Waals surface area contributed by atoms with Crippen LogP contribution in [0.3, 0.4) is 0 Å². The third kappa shape index (κ3) is 3.62. The van der Waals surface area contributed by atoms with Crippen LogP contribution in [0.15, 0.2) is 34.7 Å². The molecule has 1 fully saturated rings. The second-order valence-corrected chi connectivity index (χ2v) is 6.25. The van der Waals surface area contributed by atoms with Crippen LogP contribution in [0.25, 0.3) is 0 Å². The molecule has 5 heteroatoms. The molecular weight excluding hydrogens is 304 g/mol. The number of aryl methyl sites for hydroxylation is 2. The molecule has 1 amide bonds.